The normalized spacial score (nSPS) is 11.2. The number of ketones is 1. The molecule has 0 radical (unpaired) electrons. The zero-order valence-corrected chi connectivity index (χ0v) is 10.6. The van der Waals surface area contributed by atoms with Crippen molar-refractivity contribution in [2.24, 2.45) is 0 Å². The molecule has 0 saturated carbocycles. The first kappa shape index (κ1) is 13.5. The van der Waals surface area contributed by atoms with Gasteiger partial charge in [0.1, 0.15) is 0 Å². The molecular weight excluding hydrogens is 245 g/mol. The summed E-state index contributed by atoms with van der Waals surface area (Å²) in [5, 5.41) is -0.0461. The number of benzene rings is 1. The van der Waals surface area contributed by atoms with Crippen molar-refractivity contribution in [1.82, 2.24) is 4.90 Å². The van der Waals surface area contributed by atoms with E-state index in [4.69, 9.17) is 16.3 Å². The molecule has 0 atom stereocenters. The molecule has 0 unspecified atom stereocenters. The molecule has 0 aromatic heterocycles. The van der Waals surface area contributed by atoms with Gasteiger partial charge in [-0.05, 0) is 12.1 Å². The highest BCUT2D eigenvalue weighted by Gasteiger charge is 2.12. The monoisotopic (exact) mass is 257 g/mol. The van der Waals surface area contributed by atoms with Crippen molar-refractivity contribution in [2.45, 2.75) is 6.92 Å². The van der Waals surface area contributed by atoms with E-state index in [0.29, 0.717) is 0 Å². The minimum absolute atomic E-state index is 0.0461. The van der Waals surface area contributed by atoms with E-state index < -0.39 is 5.82 Å². The molecule has 0 aliphatic heterocycles. The molecule has 0 bridgehead atoms. The molecule has 1 aromatic carbocycles. The first-order valence-corrected chi connectivity index (χ1v) is 5.30. The van der Waals surface area contributed by atoms with E-state index in [9.17, 15) is 9.18 Å². The van der Waals surface area contributed by atoms with Gasteiger partial charge in [-0.3, -0.25) is 4.79 Å². The predicted octanol–water partition coefficient (Wildman–Crippen LogP) is 2.85. The van der Waals surface area contributed by atoms with Crippen LogP contribution in [0.15, 0.2) is 30.2 Å². The largest absolute Gasteiger partial charge is 0.449 e. The zero-order valence-electron chi connectivity index (χ0n) is 9.83. The van der Waals surface area contributed by atoms with E-state index in [1.165, 1.54) is 25.3 Å². The fraction of sp³-hybridized carbons (Fsp3) is 0.250. The highest BCUT2D eigenvalue weighted by atomic mass is 35.5. The van der Waals surface area contributed by atoms with Crippen molar-refractivity contribution >= 4 is 17.4 Å². The molecule has 1 aromatic rings. The third kappa shape index (κ3) is 3.75. The standard InChI is InChI=1S/C12H13ClFNO2/c1-8(16)11(7-15(2)3)17-10-6-4-5-9(13)12(10)14/h4-7H,1-3H3. The van der Waals surface area contributed by atoms with Crippen LogP contribution >= 0.6 is 11.6 Å². The zero-order chi connectivity index (χ0) is 13.0. The predicted molar refractivity (Wildman–Crippen MR) is 64.5 cm³/mol. The second-order valence-corrected chi connectivity index (χ2v) is 4.07. The van der Waals surface area contributed by atoms with Gasteiger partial charge < -0.3 is 9.64 Å². The first-order chi connectivity index (χ1) is 7.91. The SMILES string of the molecule is CC(=O)C(=CN(C)C)Oc1cccc(Cl)c1F. The van der Waals surface area contributed by atoms with Crippen molar-refractivity contribution < 1.29 is 13.9 Å². The van der Waals surface area contributed by atoms with Crippen LogP contribution < -0.4 is 4.74 Å². The van der Waals surface area contributed by atoms with Crippen LogP contribution in [0.25, 0.3) is 0 Å². The van der Waals surface area contributed by atoms with Gasteiger partial charge in [0.05, 0.1) is 5.02 Å². The number of hydrogen-bond donors (Lipinski definition) is 0. The molecular formula is C12H13ClFNO2. The van der Waals surface area contributed by atoms with Gasteiger partial charge in [0.25, 0.3) is 0 Å². The summed E-state index contributed by atoms with van der Waals surface area (Å²) in [7, 11) is 3.47. The summed E-state index contributed by atoms with van der Waals surface area (Å²) in [5.74, 6) is -0.991. The van der Waals surface area contributed by atoms with Crippen LogP contribution in [-0.4, -0.2) is 24.8 Å². The minimum Gasteiger partial charge on any atom is -0.449 e. The summed E-state index contributed by atoms with van der Waals surface area (Å²) in [4.78, 5) is 12.9. The second kappa shape index (κ2) is 5.68. The number of ether oxygens (including phenoxy) is 1. The van der Waals surface area contributed by atoms with Gasteiger partial charge in [0.2, 0.25) is 0 Å². The lowest BCUT2D eigenvalue weighted by molar-refractivity contribution is -0.115. The van der Waals surface area contributed by atoms with Crippen LogP contribution in [0.1, 0.15) is 6.92 Å². The van der Waals surface area contributed by atoms with Gasteiger partial charge in [-0.15, -0.1) is 0 Å². The molecule has 0 amide bonds. The number of rotatable bonds is 4. The van der Waals surface area contributed by atoms with Crippen LogP contribution in [-0.2, 0) is 4.79 Å². The van der Waals surface area contributed by atoms with Gasteiger partial charge in [-0.1, -0.05) is 17.7 Å². The Kier molecular flexibility index (Phi) is 4.52. The van der Waals surface area contributed by atoms with Crippen molar-refractivity contribution in [3.63, 3.8) is 0 Å². The number of hydrogen-bond acceptors (Lipinski definition) is 3. The van der Waals surface area contributed by atoms with Crippen LogP contribution in [0, 0.1) is 5.82 Å². The number of carbonyl (C=O) groups is 1. The fourth-order valence-electron chi connectivity index (χ4n) is 1.10. The second-order valence-electron chi connectivity index (χ2n) is 3.67. The smallest absolute Gasteiger partial charge is 0.196 e. The summed E-state index contributed by atoms with van der Waals surface area (Å²) < 4.78 is 18.8. The summed E-state index contributed by atoms with van der Waals surface area (Å²) in [6, 6.07) is 4.37. The number of nitrogens with zero attached hydrogens (tertiary/aromatic N) is 1. The van der Waals surface area contributed by atoms with Gasteiger partial charge in [-0.2, -0.15) is 0 Å². The number of Topliss-reactive ketones (excluding diaryl/α,β-unsaturated/α-hetero) is 1. The lowest BCUT2D eigenvalue weighted by Gasteiger charge is -2.12. The Balaban J connectivity index is 3.03. The molecule has 0 N–H and O–H groups in total. The van der Waals surface area contributed by atoms with Crippen LogP contribution in [0.5, 0.6) is 5.75 Å². The van der Waals surface area contributed by atoms with E-state index >= 15 is 0 Å². The van der Waals surface area contributed by atoms with E-state index in [2.05, 4.69) is 0 Å². The van der Waals surface area contributed by atoms with Gasteiger partial charge in [-0.25, -0.2) is 4.39 Å². The topological polar surface area (TPSA) is 29.5 Å². The Morgan fingerprint density at radius 3 is 2.65 bits per heavy atom. The van der Waals surface area contributed by atoms with Crippen molar-refractivity contribution in [1.29, 1.82) is 0 Å². The summed E-state index contributed by atoms with van der Waals surface area (Å²) >= 11 is 5.61. The molecule has 3 nitrogen and oxygen atoms in total. The molecule has 5 heteroatoms. The van der Waals surface area contributed by atoms with E-state index in [1.54, 1.807) is 25.1 Å². The third-order valence-electron chi connectivity index (χ3n) is 1.86. The highest BCUT2D eigenvalue weighted by Crippen LogP contribution is 2.25. The molecule has 0 heterocycles. The van der Waals surface area contributed by atoms with Gasteiger partial charge in [0, 0.05) is 27.2 Å². The van der Waals surface area contributed by atoms with Crippen LogP contribution in [0.4, 0.5) is 4.39 Å². The molecule has 0 saturated heterocycles. The van der Waals surface area contributed by atoms with Crippen molar-refractivity contribution in [2.75, 3.05) is 14.1 Å². The summed E-state index contributed by atoms with van der Waals surface area (Å²) in [6.45, 7) is 1.35. The number of allylic oxidation sites excluding steroid dienone is 1. The summed E-state index contributed by atoms with van der Waals surface area (Å²) in [5.41, 5.74) is 0. The average molecular weight is 258 g/mol. The van der Waals surface area contributed by atoms with Gasteiger partial charge in [0.15, 0.2) is 23.1 Å². The van der Waals surface area contributed by atoms with Crippen LogP contribution in [0.3, 0.4) is 0 Å². The quantitative estimate of drug-likeness (QED) is 0.614. The third-order valence-corrected chi connectivity index (χ3v) is 2.15. The van der Waals surface area contributed by atoms with E-state index in [1.807, 2.05) is 0 Å². The Morgan fingerprint density at radius 1 is 1.47 bits per heavy atom. The lowest BCUT2D eigenvalue weighted by atomic mass is 10.3. The fourth-order valence-corrected chi connectivity index (χ4v) is 1.27. The van der Waals surface area contributed by atoms with Crippen LogP contribution in [0.2, 0.25) is 5.02 Å². The molecule has 0 spiro atoms. The van der Waals surface area contributed by atoms with Crippen molar-refractivity contribution in [3.05, 3.63) is 41.0 Å². The Morgan fingerprint density at radius 2 is 2.12 bits per heavy atom. The molecule has 0 aliphatic carbocycles. The van der Waals surface area contributed by atoms with E-state index in [-0.39, 0.29) is 22.3 Å². The highest BCUT2D eigenvalue weighted by molar-refractivity contribution is 6.30. The Bertz CT molecular complexity index is 458. The maximum atomic E-state index is 13.6. The Hall–Kier alpha value is -1.55. The summed E-state index contributed by atoms with van der Waals surface area (Å²) in [6.07, 6.45) is 1.47. The number of halogens is 2. The minimum atomic E-state index is -0.680. The maximum absolute atomic E-state index is 13.6. The first-order valence-electron chi connectivity index (χ1n) is 4.93. The molecule has 0 fully saturated rings. The van der Waals surface area contributed by atoms with E-state index in [0.717, 1.165) is 0 Å². The molecule has 1 rings (SSSR count). The lowest BCUT2D eigenvalue weighted by Crippen LogP contribution is -2.12. The molecule has 0 aliphatic rings. The molecule has 92 valence electrons. The average Bonchev–Trinajstić information content (AvgIpc) is 2.22. The van der Waals surface area contributed by atoms with Gasteiger partial charge >= 0.3 is 0 Å². The maximum Gasteiger partial charge on any atom is 0.196 e. The molecule has 17 heavy (non-hydrogen) atoms. The Labute approximate surface area is 104 Å². The number of carbonyl (C=O) groups excluding carboxylic acids is 1. The van der Waals surface area contributed by atoms with Crippen molar-refractivity contribution in [3.8, 4) is 5.75 Å².